The van der Waals surface area contributed by atoms with Gasteiger partial charge in [-0.15, -0.1) is 0 Å². The maximum Gasteiger partial charge on any atom is 0.262 e. The Kier molecular flexibility index (Phi) is 5.27. The van der Waals surface area contributed by atoms with E-state index in [2.05, 4.69) is 21.2 Å². The average Bonchev–Trinajstić information content (AvgIpc) is 2.93. The highest BCUT2D eigenvalue weighted by Gasteiger charge is 2.19. The van der Waals surface area contributed by atoms with E-state index in [-0.39, 0.29) is 22.4 Å². The van der Waals surface area contributed by atoms with Crippen molar-refractivity contribution in [2.24, 2.45) is 0 Å². The first kappa shape index (κ1) is 15.9. The number of nitrogens with zero attached hydrogens (tertiary/aromatic N) is 1. The number of aromatic hydroxyl groups is 1. The molecule has 6 heteroatoms. The average molecular weight is 370 g/mol. The highest BCUT2D eigenvalue weighted by atomic mass is 79.9. The minimum atomic E-state index is -0.417. The van der Waals surface area contributed by atoms with E-state index in [4.69, 9.17) is 16.9 Å². The van der Waals surface area contributed by atoms with Crippen LogP contribution in [-0.4, -0.2) is 17.1 Å². The fourth-order valence-corrected chi connectivity index (χ4v) is 3.17. The molecule has 110 valence electrons. The van der Waals surface area contributed by atoms with Gasteiger partial charge in [-0.2, -0.15) is 5.26 Å². The van der Waals surface area contributed by atoms with E-state index in [0.717, 1.165) is 25.7 Å². The van der Waals surface area contributed by atoms with Gasteiger partial charge >= 0.3 is 0 Å². The number of phenols is 1. The lowest BCUT2D eigenvalue weighted by atomic mass is 10.1. The molecule has 0 atom stereocenters. The maximum absolute atomic E-state index is 12.1. The van der Waals surface area contributed by atoms with Crippen molar-refractivity contribution in [3.8, 4) is 11.8 Å². The van der Waals surface area contributed by atoms with E-state index < -0.39 is 5.91 Å². The van der Waals surface area contributed by atoms with Gasteiger partial charge in [0, 0.05) is 16.1 Å². The fraction of sp³-hybridized carbons (Fsp3) is 0.333. The SMILES string of the molecule is N#C/C(=C\c1cc(Br)cc(Cl)c1O)C(=O)NC1CCCC1. The first-order valence-electron chi connectivity index (χ1n) is 6.62. The van der Waals surface area contributed by atoms with E-state index >= 15 is 0 Å². The van der Waals surface area contributed by atoms with E-state index in [1.165, 1.54) is 6.08 Å². The van der Waals surface area contributed by atoms with Crippen molar-refractivity contribution in [3.05, 3.63) is 32.8 Å². The van der Waals surface area contributed by atoms with Crippen molar-refractivity contribution >= 4 is 39.5 Å². The molecule has 1 fully saturated rings. The summed E-state index contributed by atoms with van der Waals surface area (Å²) < 4.78 is 0.657. The highest BCUT2D eigenvalue weighted by molar-refractivity contribution is 9.10. The summed E-state index contributed by atoms with van der Waals surface area (Å²) in [5.41, 5.74) is 0.277. The predicted molar refractivity (Wildman–Crippen MR) is 84.8 cm³/mol. The van der Waals surface area contributed by atoms with Crippen molar-refractivity contribution in [2.45, 2.75) is 31.7 Å². The number of halogens is 2. The third-order valence-corrected chi connectivity index (χ3v) is 4.16. The summed E-state index contributed by atoms with van der Waals surface area (Å²) in [6, 6.07) is 5.14. The van der Waals surface area contributed by atoms with Gasteiger partial charge in [0.25, 0.3) is 5.91 Å². The van der Waals surface area contributed by atoms with Gasteiger partial charge in [-0.1, -0.05) is 40.4 Å². The molecule has 0 aliphatic heterocycles. The second kappa shape index (κ2) is 6.97. The van der Waals surface area contributed by atoms with Crippen LogP contribution in [0.4, 0.5) is 0 Å². The van der Waals surface area contributed by atoms with Gasteiger partial charge in [-0.3, -0.25) is 4.79 Å². The third kappa shape index (κ3) is 3.99. The molecule has 0 heterocycles. The Bertz CT molecular complexity index is 631. The minimum absolute atomic E-state index is 0.0497. The normalized spacial score (nSPS) is 15.8. The molecular formula is C15H14BrClN2O2. The molecule has 21 heavy (non-hydrogen) atoms. The van der Waals surface area contributed by atoms with Crippen LogP contribution in [0.2, 0.25) is 5.02 Å². The number of hydrogen-bond acceptors (Lipinski definition) is 3. The number of phenolic OH excluding ortho intramolecular Hbond substituents is 1. The molecule has 0 aromatic heterocycles. The molecule has 1 saturated carbocycles. The summed E-state index contributed by atoms with van der Waals surface area (Å²) >= 11 is 9.13. The predicted octanol–water partition coefficient (Wildman–Crippen LogP) is 3.77. The Morgan fingerprint density at radius 3 is 2.76 bits per heavy atom. The number of benzene rings is 1. The zero-order valence-electron chi connectivity index (χ0n) is 11.2. The van der Waals surface area contributed by atoms with Crippen LogP contribution < -0.4 is 5.32 Å². The lowest BCUT2D eigenvalue weighted by molar-refractivity contribution is -0.117. The number of carbonyl (C=O) groups excluding carboxylic acids is 1. The van der Waals surface area contributed by atoms with E-state index in [9.17, 15) is 9.90 Å². The smallest absolute Gasteiger partial charge is 0.262 e. The van der Waals surface area contributed by atoms with Crippen molar-refractivity contribution in [1.82, 2.24) is 5.32 Å². The van der Waals surface area contributed by atoms with Gasteiger partial charge in [-0.05, 0) is 31.1 Å². The lowest BCUT2D eigenvalue weighted by Gasteiger charge is -2.11. The Morgan fingerprint density at radius 2 is 2.14 bits per heavy atom. The Hall–Kier alpha value is -1.51. The quantitative estimate of drug-likeness (QED) is 0.629. The summed E-state index contributed by atoms with van der Waals surface area (Å²) in [5, 5.41) is 22.0. The lowest BCUT2D eigenvalue weighted by Crippen LogP contribution is -2.33. The molecule has 0 unspecified atom stereocenters. The number of nitriles is 1. The fourth-order valence-electron chi connectivity index (χ4n) is 2.33. The van der Waals surface area contributed by atoms with Crippen LogP contribution in [0.5, 0.6) is 5.75 Å². The number of amides is 1. The molecule has 1 aromatic rings. The summed E-state index contributed by atoms with van der Waals surface area (Å²) in [4.78, 5) is 12.1. The van der Waals surface area contributed by atoms with E-state index in [1.807, 2.05) is 6.07 Å². The number of rotatable bonds is 3. The molecule has 1 aromatic carbocycles. The largest absolute Gasteiger partial charge is 0.506 e. The van der Waals surface area contributed by atoms with Crippen LogP contribution in [0.15, 0.2) is 22.2 Å². The van der Waals surface area contributed by atoms with Crippen molar-refractivity contribution in [1.29, 1.82) is 5.26 Å². The molecule has 0 radical (unpaired) electrons. The molecule has 1 aliphatic carbocycles. The van der Waals surface area contributed by atoms with Gasteiger partial charge in [0.2, 0.25) is 0 Å². The molecule has 0 bridgehead atoms. The van der Waals surface area contributed by atoms with Gasteiger partial charge in [0.1, 0.15) is 17.4 Å². The van der Waals surface area contributed by atoms with Crippen LogP contribution in [0.25, 0.3) is 6.08 Å². The van der Waals surface area contributed by atoms with Crippen LogP contribution in [0, 0.1) is 11.3 Å². The second-order valence-corrected chi connectivity index (χ2v) is 6.27. The van der Waals surface area contributed by atoms with Crippen molar-refractivity contribution < 1.29 is 9.90 Å². The third-order valence-electron chi connectivity index (χ3n) is 3.41. The van der Waals surface area contributed by atoms with Crippen LogP contribution in [-0.2, 0) is 4.79 Å². The zero-order valence-corrected chi connectivity index (χ0v) is 13.5. The first-order valence-corrected chi connectivity index (χ1v) is 7.79. The second-order valence-electron chi connectivity index (χ2n) is 4.95. The number of carbonyl (C=O) groups is 1. The monoisotopic (exact) mass is 368 g/mol. The zero-order chi connectivity index (χ0) is 15.4. The van der Waals surface area contributed by atoms with Crippen LogP contribution >= 0.6 is 27.5 Å². The maximum atomic E-state index is 12.1. The van der Waals surface area contributed by atoms with Gasteiger partial charge in [-0.25, -0.2) is 0 Å². The molecule has 2 N–H and O–H groups in total. The summed E-state index contributed by atoms with van der Waals surface area (Å²) in [7, 11) is 0. The Balaban J connectivity index is 2.24. The molecule has 0 saturated heterocycles. The topological polar surface area (TPSA) is 73.1 Å². The Morgan fingerprint density at radius 1 is 1.48 bits per heavy atom. The van der Waals surface area contributed by atoms with Crippen LogP contribution in [0.1, 0.15) is 31.2 Å². The molecule has 1 amide bonds. The molecular weight excluding hydrogens is 356 g/mol. The Labute approximate surface area is 136 Å². The van der Waals surface area contributed by atoms with Gasteiger partial charge in [0.05, 0.1) is 5.02 Å². The molecule has 4 nitrogen and oxygen atoms in total. The van der Waals surface area contributed by atoms with E-state index in [1.54, 1.807) is 12.1 Å². The summed E-state index contributed by atoms with van der Waals surface area (Å²) in [6.07, 6.45) is 5.42. The van der Waals surface area contributed by atoms with Crippen LogP contribution in [0.3, 0.4) is 0 Å². The standard InChI is InChI=1S/C15H14BrClN2O2/c16-11-6-9(14(20)13(17)7-11)5-10(8-18)15(21)19-12-3-1-2-4-12/h5-7,12,20H,1-4H2,(H,19,21)/b10-5+. The van der Waals surface area contributed by atoms with Gasteiger partial charge in [0.15, 0.2) is 0 Å². The highest BCUT2D eigenvalue weighted by Crippen LogP contribution is 2.32. The van der Waals surface area contributed by atoms with Gasteiger partial charge < -0.3 is 10.4 Å². The number of hydrogen-bond donors (Lipinski definition) is 2. The molecule has 1 aliphatic rings. The minimum Gasteiger partial charge on any atom is -0.506 e. The summed E-state index contributed by atoms with van der Waals surface area (Å²) in [5.74, 6) is -0.568. The number of nitrogens with one attached hydrogen (secondary N) is 1. The van der Waals surface area contributed by atoms with Crippen molar-refractivity contribution in [3.63, 3.8) is 0 Å². The first-order chi connectivity index (χ1) is 10.0. The van der Waals surface area contributed by atoms with Crippen molar-refractivity contribution in [2.75, 3.05) is 0 Å². The summed E-state index contributed by atoms with van der Waals surface area (Å²) in [6.45, 7) is 0. The molecule has 0 spiro atoms. The van der Waals surface area contributed by atoms with E-state index in [0.29, 0.717) is 10.0 Å². The molecule has 2 rings (SSSR count).